The van der Waals surface area contributed by atoms with E-state index in [4.69, 9.17) is 21.3 Å². The largest absolute Gasteiger partial charge is 0.469 e. The maximum absolute atomic E-state index is 11.3. The predicted octanol–water partition coefficient (Wildman–Crippen LogP) is 2.90. The van der Waals surface area contributed by atoms with E-state index in [0.29, 0.717) is 29.3 Å². The predicted molar refractivity (Wildman–Crippen MR) is 118 cm³/mol. The summed E-state index contributed by atoms with van der Waals surface area (Å²) >= 11 is 6.63. The average Bonchev–Trinajstić information content (AvgIpc) is 3.43. The van der Waals surface area contributed by atoms with E-state index in [1.54, 1.807) is 12.5 Å². The number of ether oxygens (including phenoxy) is 2. The number of nitrogens with zero attached hydrogens (tertiary/aromatic N) is 4. The summed E-state index contributed by atoms with van der Waals surface area (Å²) in [7, 11) is 1.35. The normalized spacial score (nSPS) is 18.6. The standard InChI is InChI=1S/C22H25ClN4O4/c1-14-3-4-15-16(26-9-7-24-13-26)11-19(25-22(15)21(14)23)27-8-5-18(28)17(27)12-31-10-6-20(29)30-2/h3-4,7,9,11,13,17-18,28H,5-6,8,10,12H2,1-2H3/t17-,18+/m1/s1. The van der Waals surface area contributed by atoms with E-state index < -0.39 is 6.10 Å². The number of benzene rings is 1. The van der Waals surface area contributed by atoms with Gasteiger partial charge >= 0.3 is 5.97 Å². The summed E-state index contributed by atoms with van der Waals surface area (Å²) in [4.78, 5) is 22.4. The summed E-state index contributed by atoms with van der Waals surface area (Å²) in [6, 6.07) is 5.69. The van der Waals surface area contributed by atoms with Crippen LogP contribution in [-0.4, -0.2) is 64.6 Å². The Morgan fingerprint density at radius 1 is 1.39 bits per heavy atom. The molecule has 2 aromatic heterocycles. The van der Waals surface area contributed by atoms with Crippen molar-refractivity contribution in [2.24, 2.45) is 0 Å². The third-order valence-corrected chi connectivity index (χ3v) is 6.11. The highest BCUT2D eigenvalue weighted by molar-refractivity contribution is 6.36. The molecule has 4 rings (SSSR count). The van der Waals surface area contributed by atoms with Crippen LogP contribution in [0.4, 0.5) is 5.82 Å². The maximum atomic E-state index is 11.3. The van der Waals surface area contributed by atoms with Crippen molar-refractivity contribution in [2.75, 3.05) is 31.8 Å². The molecule has 31 heavy (non-hydrogen) atoms. The Hall–Kier alpha value is -2.68. The van der Waals surface area contributed by atoms with Gasteiger partial charge in [-0.05, 0) is 18.9 Å². The molecule has 0 bridgehead atoms. The zero-order chi connectivity index (χ0) is 22.0. The van der Waals surface area contributed by atoms with Crippen LogP contribution in [0.2, 0.25) is 5.02 Å². The van der Waals surface area contributed by atoms with E-state index in [-0.39, 0.29) is 31.6 Å². The number of aliphatic hydroxyl groups is 1. The second-order valence-corrected chi connectivity index (χ2v) is 7.96. The third kappa shape index (κ3) is 4.37. The van der Waals surface area contributed by atoms with Crippen molar-refractivity contribution < 1.29 is 19.4 Å². The second-order valence-electron chi connectivity index (χ2n) is 7.58. The van der Waals surface area contributed by atoms with Crippen LogP contribution >= 0.6 is 11.6 Å². The number of fused-ring (bicyclic) bond motifs is 1. The van der Waals surface area contributed by atoms with Gasteiger partial charge in [0, 0.05) is 30.4 Å². The van der Waals surface area contributed by atoms with Crippen LogP contribution in [0.15, 0.2) is 36.9 Å². The summed E-state index contributed by atoms with van der Waals surface area (Å²) in [5.74, 6) is 0.386. The molecule has 1 aromatic carbocycles. The highest BCUT2D eigenvalue weighted by atomic mass is 35.5. The van der Waals surface area contributed by atoms with Gasteiger partial charge < -0.3 is 24.0 Å². The second kappa shape index (κ2) is 9.21. The van der Waals surface area contributed by atoms with Crippen LogP contribution < -0.4 is 4.90 Å². The highest BCUT2D eigenvalue weighted by Crippen LogP contribution is 2.34. The van der Waals surface area contributed by atoms with Crippen molar-refractivity contribution in [1.29, 1.82) is 0 Å². The summed E-state index contributed by atoms with van der Waals surface area (Å²) in [6.45, 7) is 3.10. The number of halogens is 1. The van der Waals surface area contributed by atoms with Gasteiger partial charge in [0.2, 0.25) is 0 Å². The minimum absolute atomic E-state index is 0.174. The summed E-state index contributed by atoms with van der Waals surface area (Å²) < 4.78 is 12.2. The average molecular weight is 445 g/mol. The number of anilines is 1. The molecule has 8 nitrogen and oxygen atoms in total. The van der Waals surface area contributed by atoms with Crippen molar-refractivity contribution in [3.05, 3.63) is 47.5 Å². The molecule has 1 aliphatic rings. The molecule has 0 aliphatic carbocycles. The van der Waals surface area contributed by atoms with Gasteiger partial charge in [-0.1, -0.05) is 23.7 Å². The summed E-state index contributed by atoms with van der Waals surface area (Å²) in [5, 5.41) is 12.1. The third-order valence-electron chi connectivity index (χ3n) is 5.63. The Morgan fingerprint density at radius 2 is 2.23 bits per heavy atom. The van der Waals surface area contributed by atoms with Gasteiger partial charge in [-0.3, -0.25) is 4.79 Å². The summed E-state index contributed by atoms with van der Waals surface area (Å²) in [5.41, 5.74) is 2.56. The molecule has 3 aromatic rings. The number of methoxy groups -OCH3 is 1. The number of aliphatic hydroxyl groups excluding tert-OH is 1. The SMILES string of the molecule is COC(=O)CCOC[C@@H]1[C@@H](O)CCN1c1cc(-n2ccnc2)c2ccc(C)c(Cl)c2n1. The minimum atomic E-state index is -0.555. The lowest BCUT2D eigenvalue weighted by molar-refractivity contribution is -0.141. The molecule has 1 fully saturated rings. The molecule has 9 heteroatoms. The molecule has 0 radical (unpaired) electrons. The fraction of sp³-hybridized carbons (Fsp3) is 0.409. The summed E-state index contributed by atoms with van der Waals surface area (Å²) in [6.07, 6.45) is 5.55. The molecular formula is C22H25ClN4O4. The Bertz CT molecular complexity index is 1070. The molecule has 3 heterocycles. The molecular weight excluding hydrogens is 420 g/mol. The van der Waals surface area contributed by atoms with Crippen LogP contribution in [0.3, 0.4) is 0 Å². The Labute approximate surface area is 185 Å². The van der Waals surface area contributed by atoms with Gasteiger partial charge in [-0.15, -0.1) is 0 Å². The van der Waals surface area contributed by atoms with E-state index in [1.165, 1.54) is 7.11 Å². The fourth-order valence-corrected chi connectivity index (χ4v) is 4.08. The number of imidazole rings is 1. The van der Waals surface area contributed by atoms with Gasteiger partial charge in [-0.2, -0.15) is 0 Å². The number of pyridine rings is 1. The van der Waals surface area contributed by atoms with Crippen LogP contribution in [0.25, 0.3) is 16.6 Å². The molecule has 2 atom stereocenters. The number of aryl methyl sites for hydroxylation is 1. The zero-order valence-corrected chi connectivity index (χ0v) is 18.2. The van der Waals surface area contributed by atoms with E-state index in [9.17, 15) is 9.90 Å². The van der Waals surface area contributed by atoms with Gasteiger partial charge in [0.05, 0.1) is 61.4 Å². The Morgan fingerprint density at radius 3 is 2.97 bits per heavy atom. The number of hydrogen-bond acceptors (Lipinski definition) is 7. The molecule has 1 aliphatic heterocycles. The van der Waals surface area contributed by atoms with Gasteiger partial charge in [0.1, 0.15) is 5.82 Å². The Kier molecular flexibility index (Phi) is 6.41. The van der Waals surface area contributed by atoms with Crippen molar-refractivity contribution >= 4 is 34.3 Å². The van der Waals surface area contributed by atoms with Crippen molar-refractivity contribution in [3.8, 4) is 5.69 Å². The lowest BCUT2D eigenvalue weighted by Gasteiger charge is -2.28. The van der Waals surface area contributed by atoms with Crippen LogP contribution in [0, 0.1) is 6.92 Å². The zero-order valence-electron chi connectivity index (χ0n) is 17.5. The number of hydrogen-bond donors (Lipinski definition) is 1. The van der Waals surface area contributed by atoms with Crippen molar-refractivity contribution in [2.45, 2.75) is 31.9 Å². The van der Waals surface area contributed by atoms with E-state index in [2.05, 4.69) is 9.72 Å². The molecule has 0 spiro atoms. The number of carbonyl (C=O) groups is 1. The first-order chi connectivity index (χ1) is 15.0. The fourth-order valence-electron chi connectivity index (χ4n) is 3.88. The Balaban J connectivity index is 1.67. The topological polar surface area (TPSA) is 89.7 Å². The molecule has 0 amide bonds. The maximum Gasteiger partial charge on any atom is 0.307 e. The first kappa shape index (κ1) is 21.5. The molecule has 1 N–H and O–H groups in total. The van der Waals surface area contributed by atoms with Crippen molar-refractivity contribution in [3.63, 3.8) is 0 Å². The van der Waals surface area contributed by atoms with Gasteiger partial charge in [-0.25, -0.2) is 9.97 Å². The van der Waals surface area contributed by atoms with Crippen LogP contribution in [0.5, 0.6) is 0 Å². The number of esters is 1. The van der Waals surface area contributed by atoms with E-state index in [1.807, 2.05) is 40.8 Å². The molecule has 0 saturated carbocycles. The van der Waals surface area contributed by atoms with Gasteiger partial charge in [0.15, 0.2) is 0 Å². The van der Waals surface area contributed by atoms with E-state index >= 15 is 0 Å². The molecule has 0 unspecified atom stereocenters. The monoisotopic (exact) mass is 444 g/mol. The highest BCUT2D eigenvalue weighted by Gasteiger charge is 2.34. The van der Waals surface area contributed by atoms with Crippen LogP contribution in [-0.2, 0) is 14.3 Å². The van der Waals surface area contributed by atoms with Crippen LogP contribution in [0.1, 0.15) is 18.4 Å². The number of rotatable bonds is 7. The minimum Gasteiger partial charge on any atom is -0.469 e. The first-order valence-electron chi connectivity index (χ1n) is 10.2. The number of aromatic nitrogens is 3. The van der Waals surface area contributed by atoms with E-state index in [0.717, 1.165) is 16.6 Å². The lowest BCUT2D eigenvalue weighted by Crippen LogP contribution is -2.39. The number of carbonyl (C=O) groups excluding carboxylic acids is 1. The molecule has 164 valence electrons. The lowest BCUT2D eigenvalue weighted by atomic mass is 10.1. The first-order valence-corrected chi connectivity index (χ1v) is 10.5. The molecule has 1 saturated heterocycles. The smallest absolute Gasteiger partial charge is 0.307 e. The van der Waals surface area contributed by atoms with Gasteiger partial charge in [0.25, 0.3) is 0 Å². The van der Waals surface area contributed by atoms with Crippen molar-refractivity contribution in [1.82, 2.24) is 14.5 Å². The quantitative estimate of drug-likeness (QED) is 0.442.